The average molecular weight is 177 g/mol. The summed E-state index contributed by atoms with van der Waals surface area (Å²) in [5.41, 5.74) is 9.13. The predicted molar refractivity (Wildman–Crippen MR) is 53.0 cm³/mol. The Kier molecular flexibility index (Phi) is 3.44. The Morgan fingerprint density at radius 1 is 1.33 bits per heavy atom. The number of hydrogen-bond acceptors (Lipinski definition) is 0. The molecule has 0 aliphatic heterocycles. The maximum atomic E-state index is 5.32. The molecule has 0 aliphatic rings. The van der Waals surface area contributed by atoms with Gasteiger partial charge in [-0.1, -0.05) is 53.4 Å². The summed E-state index contributed by atoms with van der Waals surface area (Å²) in [6.07, 6.45) is 0. The van der Waals surface area contributed by atoms with E-state index in [-0.39, 0.29) is 0 Å². The lowest BCUT2D eigenvalue weighted by Crippen LogP contribution is -1.73. The summed E-state index contributed by atoms with van der Waals surface area (Å²) in [5.74, 6) is 0. The molecule has 0 aromatic heterocycles. The minimum Gasteiger partial charge on any atom is -0.0831 e. The highest BCUT2D eigenvalue weighted by Gasteiger charge is 1.89. The lowest BCUT2D eigenvalue weighted by molar-refractivity contribution is 1.58. The van der Waals surface area contributed by atoms with Crippen molar-refractivity contribution in [3.05, 3.63) is 52.9 Å². The number of benzene rings is 1. The number of halogens is 1. The Labute approximate surface area is 77.5 Å². The van der Waals surface area contributed by atoms with Crippen LogP contribution in [0.3, 0.4) is 0 Å². The smallest absolute Gasteiger partial charge is 0.0546 e. The Balaban J connectivity index is 3.09. The average Bonchev–Trinajstić information content (AvgIpc) is 2.15. The molecule has 1 aromatic carbocycles. The number of hydrogen-bond donors (Lipinski definition) is 0. The van der Waals surface area contributed by atoms with Crippen LogP contribution in [0, 0.1) is 0 Å². The quantitative estimate of drug-likeness (QED) is 0.574. The minimum atomic E-state index is 1.03. The van der Waals surface area contributed by atoms with Gasteiger partial charge in [0.25, 0.3) is 0 Å². The summed E-state index contributed by atoms with van der Waals surface area (Å²) in [6.45, 7) is 1.97. The lowest BCUT2D eigenvalue weighted by atomic mass is 10.1. The van der Waals surface area contributed by atoms with Gasteiger partial charge in [0, 0.05) is 5.57 Å². The van der Waals surface area contributed by atoms with E-state index >= 15 is 0 Å². The topological polar surface area (TPSA) is 0 Å². The van der Waals surface area contributed by atoms with Gasteiger partial charge in [-0.15, -0.1) is 0 Å². The van der Waals surface area contributed by atoms with Crippen molar-refractivity contribution >= 4 is 17.2 Å². The van der Waals surface area contributed by atoms with Crippen molar-refractivity contribution in [1.82, 2.24) is 0 Å². The first-order chi connectivity index (χ1) is 5.84. The van der Waals surface area contributed by atoms with Crippen LogP contribution in [-0.4, -0.2) is 0 Å². The van der Waals surface area contributed by atoms with E-state index < -0.39 is 0 Å². The van der Waals surface area contributed by atoms with Gasteiger partial charge >= 0.3 is 0 Å². The molecule has 0 saturated carbocycles. The van der Waals surface area contributed by atoms with Gasteiger partial charge in [-0.3, -0.25) is 0 Å². The molecule has 0 heterocycles. The first kappa shape index (κ1) is 8.90. The molecule has 0 bridgehead atoms. The highest BCUT2D eigenvalue weighted by atomic mass is 35.5. The van der Waals surface area contributed by atoms with Crippen LogP contribution in [0.1, 0.15) is 12.5 Å². The third kappa shape index (κ3) is 2.45. The number of allylic oxidation sites excluding steroid dienone is 1. The third-order valence-electron chi connectivity index (χ3n) is 1.52. The van der Waals surface area contributed by atoms with Gasteiger partial charge in [0.1, 0.15) is 0 Å². The van der Waals surface area contributed by atoms with Gasteiger partial charge in [-0.2, -0.15) is 0 Å². The van der Waals surface area contributed by atoms with Crippen molar-refractivity contribution in [1.29, 1.82) is 0 Å². The Morgan fingerprint density at radius 3 is 2.58 bits per heavy atom. The summed E-state index contributed by atoms with van der Waals surface area (Å²) in [5, 5.41) is 0. The summed E-state index contributed by atoms with van der Waals surface area (Å²) < 4.78 is 0. The fraction of sp³-hybridized carbons (Fsp3) is 0.0909. The van der Waals surface area contributed by atoms with Gasteiger partial charge in [0.2, 0.25) is 0 Å². The second-order valence-electron chi connectivity index (χ2n) is 2.37. The van der Waals surface area contributed by atoms with Gasteiger partial charge in [0.05, 0.1) is 5.54 Å². The Morgan fingerprint density at radius 2 is 2.00 bits per heavy atom. The van der Waals surface area contributed by atoms with Crippen LogP contribution in [0.4, 0.5) is 0 Å². The molecule has 0 amide bonds. The molecule has 0 aliphatic carbocycles. The van der Waals surface area contributed by atoms with Crippen molar-refractivity contribution < 1.29 is 0 Å². The Bertz CT molecular complexity index is 337. The standard InChI is InChI=1S/C11H9Cl/c1-10(6-5-9-12)11-7-3-2-4-8-11/h2-4,7-9H,1H3. The highest BCUT2D eigenvalue weighted by molar-refractivity contribution is 6.25. The first-order valence-corrected chi connectivity index (χ1v) is 4.10. The highest BCUT2D eigenvalue weighted by Crippen LogP contribution is 2.10. The molecule has 0 fully saturated rings. The van der Waals surface area contributed by atoms with Crippen LogP contribution in [0.15, 0.2) is 47.3 Å². The van der Waals surface area contributed by atoms with Crippen LogP contribution in [0.5, 0.6) is 0 Å². The summed E-state index contributed by atoms with van der Waals surface area (Å²) in [4.78, 5) is 0. The first-order valence-electron chi connectivity index (χ1n) is 3.67. The second kappa shape index (κ2) is 4.64. The third-order valence-corrected chi connectivity index (χ3v) is 1.63. The van der Waals surface area contributed by atoms with E-state index in [9.17, 15) is 0 Å². The van der Waals surface area contributed by atoms with E-state index in [4.69, 9.17) is 11.6 Å². The second-order valence-corrected chi connectivity index (χ2v) is 2.59. The van der Waals surface area contributed by atoms with Gasteiger partial charge in [-0.05, 0) is 12.5 Å². The van der Waals surface area contributed by atoms with E-state index in [2.05, 4.69) is 11.5 Å². The fourth-order valence-corrected chi connectivity index (χ4v) is 0.950. The van der Waals surface area contributed by atoms with Crippen LogP contribution >= 0.6 is 11.6 Å². The van der Waals surface area contributed by atoms with E-state index in [1.54, 1.807) is 0 Å². The monoisotopic (exact) mass is 176 g/mol. The fourth-order valence-electron chi connectivity index (χ4n) is 0.896. The van der Waals surface area contributed by atoms with Gasteiger partial charge in [0.15, 0.2) is 0 Å². The lowest BCUT2D eigenvalue weighted by Gasteiger charge is -1.94. The molecule has 60 valence electrons. The van der Waals surface area contributed by atoms with Crippen molar-refractivity contribution in [2.24, 2.45) is 0 Å². The zero-order chi connectivity index (χ0) is 8.81. The zero-order valence-electron chi connectivity index (χ0n) is 6.84. The molecular weight excluding hydrogens is 168 g/mol. The van der Waals surface area contributed by atoms with E-state index in [0.29, 0.717) is 0 Å². The van der Waals surface area contributed by atoms with Crippen molar-refractivity contribution in [3.8, 4) is 0 Å². The summed E-state index contributed by atoms with van der Waals surface area (Å²) >= 11 is 5.32. The molecule has 1 aromatic rings. The van der Waals surface area contributed by atoms with E-state index in [0.717, 1.165) is 11.1 Å². The van der Waals surface area contributed by atoms with E-state index in [1.165, 1.54) is 5.54 Å². The molecule has 12 heavy (non-hydrogen) atoms. The zero-order valence-corrected chi connectivity index (χ0v) is 7.60. The molecule has 0 N–H and O–H groups in total. The van der Waals surface area contributed by atoms with Gasteiger partial charge in [-0.25, -0.2) is 0 Å². The van der Waals surface area contributed by atoms with Crippen LogP contribution < -0.4 is 0 Å². The normalized spacial score (nSPS) is 8.17. The molecule has 0 spiro atoms. The molecular formula is C11H9Cl. The Hall–Kier alpha value is -1.19. The maximum absolute atomic E-state index is 5.32. The molecule has 0 unspecified atom stereocenters. The molecule has 0 saturated heterocycles. The van der Waals surface area contributed by atoms with Crippen molar-refractivity contribution in [3.63, 3.8) is 0 Å². The molecule has 1 rings (SSSR count). The minimum absolute atomic E-state index is 1.03. The SMILES string of the molecule is CC(=C=C=CCl)c1ccccc1. The van der Waals surface area contributed by atoms with E-state index in [1.807, 2.05) is 37.3 Å². The van der Waals surface area contributed by atoms with Crippen LogP contribution in [0.25, 0.3) is 5.57 Å². The summed E-state index contributed by atoms with van der Waals surface area (Å²) in [6, 6.07) is 10.0. The van der Waals surface area contributed by atoms with Crippen molar-refractivity contribution in [2.45, 2.75) is 6.92 Å². The molecule has 0 nitrogen and oxygen atoms in total. The van der Waals surface area contributed by atoms with Gasteiger partial charge < -0.3 is 0 Å². The van der Waals surface area contributed by atoms with Crippen LogP contribution in [0.2, 0.25) is 0 Å². The van der Waals surface area contributed by atoms with Crippen LogP contribution in [-0.2, 0) is 0 Å². The molecule has 0 atom stereocenters. The number of rotatable bonds is 1. The predicted octanol–water partition coefficient (Wildman–Crippen LogP) is 3.60. The summed E-state index contributed by atoms with van der Waals surface area (Å²) in [7, 11) is 0. The van der Waals surface area contributed by atoms with Crippen molar-refractivity contribution in [2.75, 3.05) is 0 Å². The molecule has 0 radical (unpaired) electrons. The maximum Gasteiger partial charge on any atom is 0.0546 e. The molecule has 1 heteroatoms. The largest absolute Gasteiger partial charge is 0.0831 e.